The number of anilines is 1. The maximum Gasteiger partial charge on any atom is 0.256 e. The predicted molar refractivity (Wildman–Crippen MR) is 101 cm³/mol. The van der Waals surface area contributed by atoms with Crippen LogP contribution in [-0.2, 0) is 6.61 Å². The van der Waals surface area contributed by atoms with Crippen molar-refractivity contribution in [3.63, 3.8) is 0 Å². The molecule has 0 spiro atoms. The van der Waals surface area contributed by atoms with Gasteiger partial charge in [0.1, 0.15) is 6.61 Å². The Morgan fingerprint density at radius 3 is 2.81 bits per heavy atom. The lowest BCUT2D eigenvalue weighted by Crippen LogP contribution is -2.36. The molecule has 2 aliphatic rings. The molecule has 0 aliphatic carbocycles. The third-order valence-corrected chi connectivity index (χ3v) is 4.92. The maximum absolute atomic E-state index is 13.0. The van der Waals surface area contributed by atoms with Gasteiger partial charge in [-0.2, -0.15) is 0 Å². The first-order valence-corrected chi connectivity index (χ1v) is 8.76. The zero-order chi connectivity index (χ0) is 18.1. The molecule has 1 amide bonds. The molecule has 134 valence electrons. The van der Waals surface area contributed by atoms with Gasteiger partial charge in [0, 0.05) is 19.2 Å². The topological polar surface area (TPSA) is 50.8 Å². The first-order valence-electron chi connectivity index (χ1n) is 8.76. The molecule has 1 saturated heterocycles. The van der Waals surface area contributed by atoms with Crippen LogP contribution in [0.3, 0.4) is 0 Å². The van der Waals surface area contributed by atoms with Crippen molar-refractivity contribution in [3.8, 4) is 11.5 Å². The number of carbonyl (C=O) groups is 1. The first-order chi connectivity index (χ1) is 12.7. The number of nitrogens with zero attached hydrogens (tertiary/aromatic N) is 1. The maximum atomic E-state index is 13.0. The third-order valence-electron chi connectivity index (χ3n) is 4.92. The number of rotatable bonds is 4. The van der Waals surface area contributed by atoms with Crippen molar-refractivity contribution in [1.29, 1.82) is 0 Å². The molecule has 0 bridgehead atoms. The van der Waals surface area contributed by atoms with Gasteiger partial charge in [-0.05, 0) is 18.1 Å². The van der Waals surface area contributed by atoms with E-state index in [4.69, 9.17) is 9.47 Å². The highest BCUT2D eigenvalue weighted by Gasteiger charge is 2.35. The van der Waals surface area contributed by atoms with Gasteiger partial charge >= 0.3 is 0 Å². The first kappa shape index (κ1) is 16.5. The summed E-state index contributed by atoms with van der Waals surface area (Å²) in [5.41, 5.74) is 3.58. The van der Waals surface area contributed by atoms with E-state index < -0.39 is 0 Å². The predicted octanol–water partition coefficient (Wildman–Crippen LogP) is 3.47. The monoisotopic (exact) mass is 350 g/mol. The summed E-state index contributed by atoms with van der Waals surface area (Å²) in [5, 5.41) is 3.40. The van der Waals surface area contributed by atoms with Crippen LogP contribution in [0.4, 0.5) is 5.69 Å². The summed E-state index contributed by atoms with van der Waals surface area (Å²) in [5.74, 6) is 1.20. The van der Waals surface area contributed by atoms with Gasteiger partial charge < -0.3 is 19.7 Å². The van der Waals surface area contributed by atoms with Gasteiger partial charge in [0.15, 0.2) is 11.5 Å². The Labute approximate surface area is 153 Å². The van der Waals surface area contributed by atoms with Gasteiger partial charge in [0.05, 0.1) is 24.4 Å². The minimum atomic E-state index is 0.0153. The van der Waals surface area contributed by atoms with Crippen molar-refractivity contribution >= 4 is 11.6 Å². The van der Waals surface area contributed by atoms with Crippen molar-refractivity contribution in [2.75, 3.05) is 25.5 Å². The molecule has 5 nitrogen and oxygen atoms in total. The molecular weight excluding hydrogens is 328 g/mol. The summed E-state index contributed by atoms with van der Waals surface area (Å²) in [6, 6.07) is 13.8. The Morgan fingerprint density at radius 1 is 1.23 bits per heavy atom. The van der Waals surface area contributed by atoms with Gasteiger partial charge in [0.25, 0.3) is 5.91 Å². The summed E-state index contributed by atoms with van der Waals surface area (Å²) in [6.45, 7) is 5.81. The number of nitrogens with one attached hydrogen (secondary N) is 1. The SMILES string of the molecule is C=C1C[C@H]2CNc3cc(OCc4ccccc4)c(OC)cc3C(=O)N2C1. The summed E-state index contributed by atoms with van der Waals surface area (Å²) >= 11 is 0. The molecule has 0 unspecified atom stereocenters. The highest BCUT2D eigenvalue weighted by atomic mass is 16.5. The van der Waals surface area contributed by atoms with Crippen LogP contribution in [0, 0.1) is 0 Å². The summed E-state index contributed by atoms with van der Waals surface area (Å²) in [7, 11) is 1.59. The Bertz CT molecular complexity index is 848. The van der Waals surface area contributed by atoms with Crippen molar-refractivity contribution < 1.29 is 14.3 Å². The van der Waals surface area contributed by atoms with E-state index >= 15 is 0 Å². The number of ether oxygens (including phenoxy) is 2. The quantitative estimate of drug-likeness (QED) is 0.858. The lowest BCUT2D eigenvalue weighted by atomic mass is 10.1. The molecule has 2 aromatic rings. The number of methoxy groups -OCH3 is 1. The lowest BCUT2D eigenvalue weighted by Gasteiger charge is -2.21. The molecule has 4 rings (SSSR count). The normalized spacial score (nSPS) is 18.7. The van der Waals surface area contributed by atoms with Crippen LogP contribution in [0.15, 0.2) is 54.6 Å². The number of hydrogen-bond acceptors (Lipinski definition) is 4. The van der Waals surface area contributed by atoms with Gasteiger partial charge in [-0.25, -0.2) is 0 Å². The molecule has 2 heterocycles. The van der Waals surface area contributed by atoms with E-state index in [1.807, 2.05) is 41.3 Å². The minimum absolute atomic E-state index is 0.0153. The van der Waals surface area contributed by atoms with Gasteiger partial charge in [-0.3, -0.25) is 4.79 Å². The molecule has 1 N–H and O–H groups in total. The second-order valence-electron chi connectivity index (χ2n) is 6.74. The molecule has 5 heteroatoms. The minimum Gasteiger partial charge on any atom is -0.493 e. The zero-order valence-electron chi connectivity index (χ0n) is 14.8. The van der Waals surface area contributed by atoms with Gasteiger partial charge in [-0.15, -0.1) is 0 Å². The van der Waals surface area contributed by atoms with Crippen molar-refractivity contribution in [1.82, 2.24) is 4.90 Å². The van der Waals surface area contributed by atoms with E-state index in [2.05, 4.69) is 11.9 Å². The van der Waals surface area contributed by atoms with E-state index in [1.54, 1.807) is 13.2 Å². The van der Waals surface area contributed by atoms with E-state index in [0.29, 0.717) is 36.8 Å². The molecule has 0 saturated carbocycles. The van der Waals surface area contributed by atoms with Gasteiger partial charge in [0.2, 0.25) is 0 Å². The van der Waals surface area contributed by atoms with E-state index in [-0.39, 0.29) is 11.9 Å². The Hall–Kier alpha value is -2.95. The number of hydrogen-bond donors (Lipinski definition) is 1. The smallest absolute Gasteiger partial charge is 0.256 e. The fraction of sp³-hybridized carbons (Fsp3) is 0.286. The van der Waals surface area contributed by atoms with Gasteiger partial charge in [-0.1, -0.05) is 42.5 Å². The number of fused-ring (bicyclic) bond motifs is 2. The van der Waals surface area contributed by atoms with Crippen LogP contribution >= 0.6 is 0 Å². The average molecular weight is 350 g/mol. The molecular formula is C21H22N2O3. The van der Waals surface area contributed by atoms with Crippen LogP contribution in [0.2, 0.25) is 0 Å². The van der Waals surface area contributed by atoms with E-state index in [0.717, 1.165) is 23.2 Å². The standard InChI is InChI=1S/C21H22N2O3/c1-14-8-16-11-22-18-10-20(26-13-15-6-4-3-5-7-15)19(25-2)9-17(18)21(24)23(16)12-14/h3-7,9-10,16,22H,1,8,11-13H2,2H3/t16-/m0/s1. The second kappa shape index (κ2) is 6.75. The summed E-state index contributed by atoms with van der Waals surface area (Å²) < 4.78 is 11.4. The van der Waals surface area contributed by atoms with Crippen molar-refractivity contribution in [2.24, 2.45) is 0 Å². The fourth-order valence-corrected chi connectivity index (χ4v) is 3.57. The van der Waals surface area contributed by atoms with Crippen LogP contribution in [0.25, 0.3) is 0 Å². The molecule has 1 fully saturated rings. The fourth-order valence-electron chi connectivity index (χ4n) is 3.57. The Kier molecular flexibility index (Phi) is 4.29. The summed E-state index contributed by atoms with van der Waals surface area (Å²) in [4.78, 5) is 14.9. The van der Waals surface area contributed by atoms with Crippen molar-refractivity contribution in [2.45, 2.75) is 19.1 Å². The highest BCUT2D eigenvalue weighted by Crippen LogP contribution is 2.37. The van der Waals surface area contributed by atoms with Crippen LogP contribution < -0.4 is 14.8 Å². The number of carbonyl (C=O) groups excluding carboxylic acids is 1. The highest BCUT2D eigenvalue weighted by molar-refractivity contribution is 6.01. The lowest BCUT2D eigenvalue weighted by molar-refractivity contribution is 0.0752. The van der Waals surface area contributed by atoms with Crippen LogP contribution in [-0.4, -0.2) is 37.0 Å². The summed E-state index contributed by atoms with van der Waals surface area (Å²) in [6.07, 6.45) is 0.848. The zero-order valence-corrected chi connectivity index (χ0v) is 14.8. The molecule has 1 atom stereocenters. The van der Waals surface area contributed by atoms with E-state index in [1.165, 1.54) is 0 Å². The molecule has 2 aliphatic heterocycles. The second-order valence-corrected chi connectivity index (χ2v) is 6.74. The third kappa shape index (κ3) is 3.01. The van der Waals surface area contributed by atoms with Crippen LogP contribution in [0.5, 0.6) is 11.5 Å². The van der Waals surface area contributed by atoms with Crippen molar-refractivity contribution in [3.05, 3.63) is 65.7 Å². The molecule has 0 radical (unpaired) electrons. The molecule has 26 heavy (non-hydrogen) atoms. The molecule has 2 aromatic carbocycles. The average Bonchev–Trinajstić information content (AvgIpc) is 3.00. The largest absolute Gasteiger partial charge is 0.493 e. The van der Waals surface area contributed by atoms with Crippen LogP contribution in [0.1, 0.15) is 22.3 Å². The van der Waals surface area contributed by atoms with E-state index in [9.17, 15) is 4.79 Å². The number of amides is 1. The molecule has 0 aromatic heterocycles. The Morgan fingerprint density at radius 2 is 2.04 bits per heavy atom. The number of benzene rings is 2. The Balaban J connectivity index is 1.63.